The Bertz CT molecular complexity index is 987. The summed E-state index contributed by atoms with van der Waals surface area (Å²) >= 11 is 1.46. The highest BCUT2D eigenvalue weighted by molar-refractivity contribution is 8.13. The Hall–Kier alpha value is -3.20. The van der Waals surface area contributed by atoms with Crippen LogP contribution in [0.2, 0.25) is 0 Å². The summed E-state index contributed by atoms with van der Waals surface area (Å²) in [7, 11) is 2.94. The van der Waals surface area contributed by atoms with Crippen molar-refractivity contribution >= 4 is 34.3 Å². The molecule has 0 fully saturated rings. The average Bonchev–Trinajstić information content (AvgIpc) is 2.77. The van der Waals surface area contributed by atoms with E-state index in [4.69, 9.17) is 9.47 Å². The van der Waals surface area contributed by atoms with Crippen LogP contribution in [0.5, 0.6) is 5.75 Å². The van der Waals surface area contributed by atoms with Gasteiger partial charge in [0.1, 0.15) is 11.7 Å². The average molecular weight is 427 g/mol. The molecule has 0 radical (unpaired) electrons. The van der Waals surface area contributed by atoms with Gasteiger partial charge in [0.2, 0.25) is 0 Å². The zero-order valence-corrected chi connectivity index (χ0v) is 17.6. The number of carbonyl (C=O) groups is 1. The van der Waals surface area contributed by atoms with Gasteiger partial charge in [0.25, 0.3) is 5.69 Å². The minimum absolute atomic E-state index is 0.0207. The summed E-state index contributed by atoms with van der Waals surface area (Å²) < 4.78 is 10.1. The molecule has 0 spiro atoms. The monoisotopic (exact) mass is 427 g/mol. The topological polar surface area (TPSA) is 103 Å². The van der Waals surface area contributed by atoms with Crippen LogP contribution in [0.3, 0.4) is 0 Å². The van der Waals surface area contributed by atoms with Crippen molar-refractivity contribution in [1.29, 1.82) is 0 Å². The molecule has 2 atom stereocenters. The number of methoxy groups -OCH3 is 2. The van der Waals surface area contributed by atoms with Crippen molar-refractivity contribution in [2.24, 2.45) is 15.9 Å². The van der Waals surface area contributed by atoms with Crippen molar-refractivity contribution in [3.63, 3.8) is 0 Å². The predicted octanol–water partition coefficient (Wildman–Crippen LogP) is 4.20. The van der Waals surface area contributed by atoms with Gasteiger partial charge in [0.05, 0.1) is 25.2 Å². The number of hydrogen-bond donors (Lipinski definition) is 0. The van der Waals surface area contributed by atoms with E-state index in [-0.39, 0.29) is 5.69 Å². The molecule has 1 heterocycles. The van der Waals surface area contributed by atoms with Gasteiger partial charge in [0, 0.05) is 23.6 Å². The van der Waals surface area contributed by atoms with Crippen molar-refractivity contribution in [3.05, 3.63) is 69.8 Å². The third kappa shape index (κ3) is 4.85. The van der Waals surface area contributed by atoms with Crippen LogP contribution >= 0.6 is 11.8 Å². The smallest absolute Gasteiger partial charge is 0.316 e. The highest BCUT2D eigenvalue weighted by Gasteiger charge is 2.36. The molecule has 0 amide bonds. The molecule has 0 saturated heterocycles. The zero-order valence-electron chi connectivity index (χ0n) is 16.8. The van der Waals surface area contributed by atoms with Gasteiger partial charge >= 0.3 is 5.97 Å². The Morgan fingerprint density at radius 3 is 2.37 bits per heavy atom. The zero-order chi connectivity index (χ0) is 21.7. The van der Waals surface area contributed by atoms with Crippen molar-refractivity contribution in [2.75, 3.05) is 14.2 Å². The minimum Gasteiger partial charge on any atom is -0.497 e. The Morgan fingerprint density at radius 1 is 1.13 bits per heavy atom. The lowest BCUT2D eigenvalue weighted by Gasteiger charge is -2.26. The number of nitro benzene ring substituents is 1. The Kier molecular flexibility index (Phi) is 6.83. The van der Waals surface area contributed by atoms with Crippen LogP contribution in [0.1, 0.15) is 24.1 Å². The number of thioether (sulfide) groups is 1. The van der Waals surface area contributed by atoms with E-state index in [1.54, 1.807) is 26.2 Å². The molecule has 0 bridgehead atoms. The number of hydrogen-bond acceptors (Lipinski definition) is 8. The second-order valence-corrected chi connectivity index (χ2v) is 7.54. The van der Waals surface area contributed by atoms with Crippen LogP contribution in [0.4, 0.5) is 5.69 Å². The summed E-state index contributed by atoms with van der Waals surface area (Å²) in [6.45, 7) is 1.77. The highest BCUT2D eigenvalue weighted by Crippen LogP contribution is 2.35. The molecular weight excluding hydrogens is 406 g/mol. The number of aliphatic imine (C=N–C) groups is 2. The molecule has 0 aliphatic carbocycles. The molecule has 3 rings (SSSR count). The second-order valence-electron chi connectivity index (χ2n) is 6.60. The lowest BCUT2D eigenvalue weighted by Crippen LogP contribution is -2.32. The summed E-state index contributed by atoms with van der Waals surface area (Å²) in [5.74, 6) is 0.311. The van der Waals surface area contributed by atoms with Crippen LogP contribution in [-0.4, -0.2) is 36.0 Å². The molecule has 0 saturated carbocycles. The van der Waals surface area contributed by atoms with Crippen molar-refractivity contribution in [3.8, 4) is 5.75 Å². The van der Waals surface area contributed by atoms with E-state index in [1.807, 2.05) is 24.3 Å². The number of rotatable bonds is 6. The van der Waals surface area contributed by atoms with Gasteiger partial charge in [-0.1, -0.05) is 36.0 Å². The molecule has 8 nitrogen and oxygen atoms in total. The number of carbonyl (C=O) groups excluding carboxylic acids is 1. The molecule has 156 valence electrons. The quantitative estimate of drug-likeness (QED) is 0.389. The normalized spacial score (nSPS) is 18.2. The van der Waals surface area contributed by atoms with Crippen molar-refractivity contribution < 1.29 is 19.2 Å². The van der Waals surface area contributed by atoms with Crippen molar-refractivity contribution in [2.45, 2.75) is 18.7 Å². The first-order chi connectivity index (χ1) is 14.4. The van der Waals surface area contributed by atoms with E-state index in [2.05, 4.69) is 9.98 Å². The van der Waals surface area contributed by atoms with Gasteiger partial charge in [-0.2, -0.15) is 0 Å². The fraction of sp³-hybridized carbons (Fsp3) is 0.286. The summed E-state index contributed by atoms with van der Waals surface area (Å²) in [6.07, 6.45) is 0. The number of non-ortho nitro benzene ring substituents is 1. The fourth-order valence-electron chi connectivity index (χ4n) is 3.10. The number of benzene rings is 2. The molecule has 30 heavy (non-hydrogen) atoms. The third-order valence-corrected chi connectivity index (χ3v) is 5.65. The number of esters is 1. The second kappa shape index (κ2) is 9.53. The first-order valence-electron chi connectivity index (χ1n) is 9.14. The SMILES string of the molecule is COC(=O)C1C(C)=NC(SCc2ccc(OC)cc2)=NC1c1ccc([N+](=O)[O-])cc1. The van der Waals surface area contributed by atoms with Crippen LogP contribution in [-0.2, 0) is 15.3 Å². The van der Waals surface area contributed by atoms with E-state index in [0.717, 1.165) is 11.3 Å². The number of nitrogens with zero attached hydrogens (tertiary/aromatic N) is 3. The maximum Gasteiger partial charge on any atom is 0.316 e. The van der Waals surface area contributed by atoms with Crippen LogP contribution in [0.15, 0.2) is 58.5 Å². The Labute approximate surface area is 178 Å². The predicted molar refractivity (Wildman–Crippen MR) is 116 cm³/mol. The lowest BCUT2D eigenvalue weighted by molar-refractivity contribution is -0.384. The van der Waals surface area contributed by atoms with E-state index in [0.29, 0.717) is 22.2 Å². The van der Waals surface area contributed by atoms with E-state index in [9.17, 15) is 14.9 Å². The maximum absolute atomic E-state index is 12.4. The summed E-state index contributed by atoms with van der Waals surface area (Å²) in [6, 6.07) is 13.2. The molecule has 9 heteroatoms. The molecular formula is C21H21N3O5S. The molecule has 2 aromatic rings. The Morgan fingerprint density at radius 2 is 1.80 bits per heavy atom. The first-order valence-corrected chi connectivity index (χ1v) is 10.1. The number of ether oxygens (including phenoxy) is 2. The van der Waals surface area contributed by atoms with Gasteiger partial charge in [0.15, 0.2) is 5.17 Å². The lowest BCUT2D eigenvalue weighted by atomic mass is 9.89. The molecule has 0 aromatic heterocycles. The largest absolute Gasteiger partial charge is 0.497 e. The van der Waals surface area contributed by atoms with E-state index < -0.39 is 22.9 Å². The Balaban J connectivity index is 1.85. The number of nitro groups is 1. The van der Waals surface area contributed by atoms with Gasteiger partial charge < -0.3 is 9.47 Å². The fourth-order valence-corrected chi connectivity index (χ4v) is 3.98. The number of amidine groups is 1. The van der Waals surface area contributed by atoms with Gasteiger partial charge in [-0.15, -0.1) is 0 Å². The van der Waals surface area contributed by atoms with Gasteiger partial charge in [-0.25, -0.2) is 4.99 Å². The molecule has 0 N–H and O–H groups in total. The molecule has 2 aromatic carbocycles. The minimum atomic E-state index is -0.679. The van der Waals surface area contributed by atoms with Gasteiger partial charge in [-0.3, -0.25) is 19.9 Å². The third-order valence-electron chi connectivity index (χ3n) is 4.71. The molecule has 1 aliphatic heterocycles. The molecule has 2 unspecified atom stereocenters. The van der Waals surface area contributed by atoms with E-state index >= 15 is 0 Å². The molecule has 1 aliphatic rings. The van der Waals surface area contributed by atoms with Gasteiger partial charge in [-0.05, 0) is 30.2 Å². The highest BCUT2D eigenvalue weighted by atomic mass is 32.2. The van der Waals surface area contributed by atoms with Crippen molar-refractivity contribution in [1.82, 2.24) is 0 Å². The first kappa shape index (κ1) is 21.5. The van der Waals surface area contributed by atoms with Crippen LogP contribution in [0.25, 0.3) is 0 Å². The van der Waals surface area contributed by atoms with Crippen LogP contribution < -0.4 is 4.74 Å². The standard InChI is InChI=1S/C21H21N3O5S/c1-13-18(20(25)29-3)19(15-6-8-16(9-7-15)24(26)27)23-21(22-13)30-12-14-4-10-17(28-2)11-5-14/h4-11,18-19H,12H2,1-3H3. The van der Waals surface area contributed by atoms with E-state index in [1.165, 1.54) is 31.0 Å². The van der Waals surface area contributed by atoms with Crippen LogP contribution in [0, 0.1) is 16.0 Å². The summed E-state index contributed by atoms with van der Waals surface area (Å²) in [5, 5.41) is 11.5. The maximum atomic E-state index is 12.4. The summed E-state index contributed by atoms with van der Waals surface area (Å²) in [4.78, 5) is 32.0. The summed E-state index contributed by atoms with van der Waals surface area (Å²) in [5.41, 5.74) is 2.34.